The van der Waals surface area contributed by atoms with E-state index in [0.29, 0.717) is 12.5 Å². The number of alkyl halides is 3. The van der Waals surface area contributed by atoms with Crippen molar-refractivity contribution in [2.75, 3.05) is 13.6 Å². The Bertz CT molecular complexity index is 666. The number of hydrogen-bond donors (Lipinski definition) is 2. The van der Waals surface area contributed by atoms with Crippen molar-refractivity contribution >= 4 is 41.0 Å². The van der Waals surface area contributed by atoms with E-state index in [4.69, 9.17) is 0 Å². The fourth-order valence-electron chi connectivity index (χ4n) is 2.06. The first-order valence-electron chi connectivity index (χ1n) is 6.82. The molecule has 0 spiro atoms. The quantitative estimate of drug-likeness (QED) is 0.436. The van der Waals surface area contributed by atoms with Gasteiger partial charge >= 0.3 is 6.18 Å². The summed E-state index contributed by atoms with van der Waals surface area (Å²) in [6, 6.07) is 7.71. The third kappa shape index (κ3) is 5.56. The standard InChI is InChI=1S/C14H18F3N5.HI/c1-18-13(19-8-7-14(15,16)17)20-9-12-21-10-5-3-4-6-11(10)22(12)2;/h3-6H,7-9H2,1-2H3,(H2,18,19,20);1H. The molecule has 128 valence electrons. The SMILES string of the molecule is CN=C(NCCC(F)(F)F)NCc1nc2ccccc2n1C.I. The van der Waals surface area contributed by atoms with Crippen LogP contribution in [0.4, 0.5) is 13.2 Å². The summed E-state index contributed by atoms with van der Waals surface area (Å²) in [5, 5.41) is 5.59. The minimum atomic E-state index is -4.18. The van der Waals surface area contributed by atoms with Crippen LogP contribution in [0.25, 0.3) is 11.0 Å². The van der Waals surface area contributed by atoms with Crippen molar-refractivity contribution in [2.24, 2.45) is 12.0 Å². The predicted octanol–water partition coefficient (Wildman–Crippen LogP) is 2.81. The van der Waals surface area contributed by atoms with Crippen LogP contribution in [-0.2, 0) is 13.6 Å². The lowest BCUT2D eigenvalue weighted by Crippen LogP contribution is -2.38. The Balaban J connectivity index is 0.00000264. The van der Waals surface area contributed by atoms with Gasteiger partial charge in [-0.1, -0.05) is 12.1 Å². The highest BCUT2D eigenvalue weighted by Crippen LogP contribution is 2.18. The third-order valence-corrected chi connectivity index (χ3v) is 3.22. The van der Waals surface area contributed by atoms with Gasteiger partial charge in [-0.15, -0.1) is 24.0 Å². The van der Waals surface area contributed by atoms with E-state index in [1.165, 1.54) is 7.05 Å². The van der Waals surface area contributed by atoms with Gasteiger partial charge in [0.15, 0.2) is 5.96 Å². The topological polar surface area (TPSA) is 54.2 Å². The Morgan fingerprint density at radius 2 is 1.96 bits per heavy atom. The van der Waals surface area contributed by atoms with E-state index in [9.17, 15) is 13.2 Å². The molecular formula is C14H19F3IN5. The molecule has 0 aliphatic rings. The largest absolute Gasteiger partial charge is 0.390 e. The number of guanidine groups is 1. The zero-order valence-corrected chi connectivity index (χ0v) is 15.1. The smallest absolute Gasteiger partial charge is 0.356 e. The lowest BCUT2D eigenvalue weighted by molar-refractivity contribution is -0.132. The molecule has 9 heteroatoms. The number of para-hydroxylation sites is 2. The van der Waals surface area contributed by atoms with E-state index in [0.717, 1.165) is 16.9 Å². The lowest BCUT2D eigenvalue weighted by Gasteiger charge is -2.12. The van der Waals surface area contributed by atoms with Crippen LogP contribution in [0.5, 0.6) is 0 Å². The average molecular weight is 441 g/mol. The van der Waals surface area contributed by atoms with Gasteiger partial charge in [0.2, 0.25) is 0 Å². The average Bonchev–Trinajstić information content (AvgIpc) is 2.78. The summed E-state index contributed by atoms with van der Waals surface area (Å²) in [5.74, 6) is 1.09. The molecule has 0 aliphatic heterocycles. The van der Waals surface area contributed by atoms with Gasteiger partial charge in [0.1, 0.15) is 5.82 Å². The number of nitrogens with one attached hydrogen (secondary N) is 2. The molecule has 1 heterocycles. The van der Waals surface area contributed by atoms with Gasteiger partial charge in [0.05, 0.1) is 24.0 Å². The first-order valence-corrected chi connectivity index (χ1v) is 6.82. The monoisotopic (exact) mass is 441 g/mol. The number of benzene rings is 1. The number of halogens is 4. The maximum Gasteiger partial charge on any atom is 0.390 e. The molecule has 5 nitrogen and oxygen atoms in total. The minimum absolute atomic E-state index is 0. The van der Waals surface area contributed by atoms with Crippen molar-refractivity contribution in [2.45, 2.75) is 19.1 Å². The van der Waals surface area contributed by atoms with Crippen LogP contribution < -0.4 is 10.6 Å². The summed E-state index contributed by atoms with van der Waals surface area (Å²) < 4.78 is 38.3. The molecule has 23 heavy (non-hydrogen) atoms. The Morgan fingerprint density at radius 1 is 1.26 bits per heavy atom. The number of aromatic nitrogens is 2. The van der Waals surface area contributed by atoms with Gasteiger partial charge in [-0.25, -0.2) is 4.98 Å². The molecule has 0 amide bonds. The van der Waals surface area contributed by atoms with E-state index in [2.05, 4.69) is 20.6 Å². The highest BCUT2D eigenvalue weighted by atomic mass is 127. The second-order valence-electron chi connectivity index (χ2n) is 4.79. The number of aliphatic imine (C=N–C) groups is 1. The molecule has 0 aliphatic carbocycles. The second-order valence-corrected chi connectivity index (χ2v) is 4.79. The summed E-state index contributed by atoms with van der Waals surface area (Å²) in [4.78, 5) is 8.37. The maximum absolute atomic E-state index is 12.1. The number of fused-ring (bicyclic) bond motifs is 1. The fourth-order valence-corrected chi connectivity index (χ4v) is 2.06. The highest BCUT2D eigenvalue weighted by Gasteiger charge is 2.26. The number of nitrogens with zero attached hydrogens (tertiary/aromatic N) is 3. The molecule has 2 rings (SSSR count). The molecule has 0 saturated carbocycles. The summed E-state index contributed by atoms with van der Waals surface area (Å²) in [6.07, 6.45) is -5.08. The molecule has 0 radical (unpaired) electrons. The Hall–Kier alpha value is -1.52. The van der Waals surface area contributed by atoms with Crippen molar-refractivity contribution < 1.29 is 13.2 Å². The Morgan fingerprint density at radius 3 is 2.57 bits per heavy atom. The summed E-state index contributed by atoms with van der Waals surface area (Å²) in [5.41, 5.74) is 1.88. The normalized spacial score (nSPS) is 12.1. The van der Waals surface area contributed by atoms with Crippen LogP contribution in [0, 0.1) is 0 Å². The fraction of sp³-hybridized carbons (Fsp3) is 0.429. The van der Waals surface area contributed by atoms with Gasteiger partial charge in [-0.05, 0) is 12.1 Å². The first kappa shape index (κ1) is 19.5. The number of rotatable bonds is 4. The molecule has 0 fully saturated rings. The van der Waals surface area contributed by atoms with Crippen LogP contribution in [-0.4, -0.2) is 35.3 Å². The van der Waals surface area contributed by atoms with E-state index in [-0.39, 0.29) is 30.5 Å². The van der Waals surface area contributed by atoms with Crippen LogP contribution in [0.1, 0.15) is 12.2 Å². The molecule has 0 atom stereocenters. The van der Waals surface area contributed by atoms with Gasteiger partial charge in [0, 0.05) is 20.6 Å². The highest BCUT2D eigenvalue weighted by molar-refractivity contribution is 14.0. The van der Waals surface area contributed by atoms with E-state index >= 15 is 0 Å². The first-order chi connectivity index (χ1) is 10.4. The number of imidazole rings is 1. The molecule has 0 bridgehead atoms. The van der Waals surface area contributed by atoms with Crippen molar-refractivity contribution in [3.8, 4) is 0 Å². The number of aryl methyl sites for hydroxylation is 1. The second kappa shape index (κ2) is 8.37. The summed E-state index contributed by atoms with van der Waals surface area (Å²) in [6.45, 7) is 0.155. The zero-order valence-electron chi connectivity index (χ0n) is 12.8. The number of hydrogen-bond acceptors (Lipinski definition) is 2. The third-order valence-electron chi connectivity index (χ3n) is 3.22. The van der Waals surface area contributed by atoms with Gasteiger partial charge in [0.25, 0.3) is 0 Å². The van der Waals surface area contributed by atoms with Crippen molar-refractivity contribution in [1.29, 1.82) is 0 Å². The van der Waals surface area contributed by atoms with E-state index in [1.54, 1.807) is 0 Å². The van der Waals surface area contributed by atoms with E-state index < -0.39 is 12.6 Å². The molecule has 2 N–H and O–H groups in total. The van der Waals surface area contributed by atoms with Crippen LogP contribution in [0.3, 0.4) is 0 Å². The van der Waals surface area contributed by atoms with Crippen molar-refractivity contribution in [1.82, 2.24) is 20.2 Å². The van der Waals surface area contributed by atoms with Crippen LogP contribution in [0.15, 0.2) is 29.3 Å². The molecule has 1 aromatic carbocycles. The lowest BCUT2D eigenvalue weighted by atomic mass is 10.3. The molecule has 1 aromatic heterocycles. The van der Waals surface area contributed by atoms with Crippen molar-refractivity contribution in [3.05, 3.63) is 30.1 Å². The maximum atomic E-state index is 12.1. The van der Waals surface area contributed by atoms with Gasteiger partial charge < -0.3 is 15.2 Å². The van der Waals surface area contributed by atoms with Gasteiger partial charge in [-0.3, -0.25) is 4.99 Å². The van der Waals surface area contributed by atoms with E-state index in [1.807, 2.05) is 35.9 Å². The summed E-state index contributed by atoms with van der Waals surface area (Å²) >= 11 is 0. The Labute approximate surface area is 149 Å². The molecule has 0 saturated heterocycles. The summed E-state index contributed by atoms with van der Waals surface area (Å²) in [7, 11) is 3.41. The molecule has 0 unspecified atom stereocenters. The Kier molecular flexibility index (Phi) is 7.10. The van der Waals surface area contributed by atoms with Gasteiger partial charge in [-0.2, -0.15) is 13.2 Å². The zero-order chi connectivity index (χ0) is 16.2. The predicted molar refractivity (Wildman–Crippen MR) is 95.0 cm³/mol. The van der Waals surface area contributed by atoms with Crippen LogP contribution >= 0.6 is 24.0 Å². The molecule has 2 aromatic rings. The molecular weight excluding hydrogens is 422 g/mol. The van der Waals surface area contributed by atoms with Crippen molar-refractivity contribution in [3.63, 3.8) is 0 Å². The van der Waals surface area contributed by atoms with Crippen LogP contribution in [0.2, 0.25) is 0 Å². The minimum Gasteiger partial charge on any atom is -0.356 e.